The van der Waals surface area contributed by atoms with Gasteiger partial charge in [-0.25, -0.2) is 18.7 Å². The molecule has 0 bridgehead atoms. The highest BCUT2D eigenvalue weighted by molar-refractivity contribution is 9.11. The van der Waals surface area contributed by atoms with E-state index in [1.807, 2.05) is 0 Å². The highest BCUT2D eigenvalue weighted by Crippen LogP contribution is 2.48. The van der Waals surface area contributed by atoms with Crippen LogP contribution < -0.4 is 9.47 Å². The van der Waals surface area contributed by atoms with E-state index in [4.69, 9.17) is 19.4 Å². The van der Waals surface area contributed by atoms with E-state index in [9.17, 15) is 8.78 Å². The van der Waals surface area contributed by atoms with Crippen LogP contribution in [0.2, 0.25) is 0 Å². The lowest BCUT2D eigenvalue weighted by molar-refractivity contribution is 0.256. The predicted octanol–water partition coefficient (Wildman–Crippen LogP) is 15.4. The number of halogens is 4. The molecule has 0 amide bonds. The summed E-state index contributed by atoms with van der Waals surface area (Å²) in [6.07, 6.45) is 24.9. The van der Waals surface area contributed by atoms with E-state index in [0.29, 0.717) is 67.2 Å². The third kappa shape index (κ3) is 13.4. The molecular weight excluding hydrogens is 786 g/mol. The number of rotatable bonds is 26. The van der Waals surface area contributed by atoms with Crippen molar-refractivity contribution in [2.45, 2.75) is 142 Å². The fourth-order valence-electron chi connectivity index (χ4n) is 6.62. The first kappa shape index (κ1) is 42.2. The van der Waals surface area contributed by atoms with Crippen molar-refractivity contribution in [2.75, 3.05) is 13.2 Å². The van der Waals surface area contributed by atoms with E-state index >= 15 is 0 Å². The molecule has 0 saturated heterocycles. The summed E-state index contributed by atoms with van der Waals surface area (Å²) < 4.78 is 43.2. The van der Waals surface area contributed by atoms with Gasteiger partial charge in [0.15, 0.2) is 11.5 Å². The topological polar surface area (TPSA) is 44.2 Å². The molecule has 0 radical (unpaired) electrons. The summed E-state index contributed by atoms with van der Waals surface area (Å²) in [5.74, 6) is 0.392. The predicted molar refractivity (Wildman–Crippen MR) is 220 cm³/mol. The van der Waals surface area contributed by atoms with Crippen LogP contribution in [0.25, 0.3) is 33.5 Å². The second kappa shape index (κ2) is 24.0. The van der Waals surface area contributed by atoms with E-state index in [1.165, 1.54) is 127 Å². The molecule has 0 aliphatic rings. The number of benzene rings is 3. The summed E-state index contributed by atoms with van der Waals surface area (Å²) in [4.78, 5) is 10.1. The molecule has 0 N–H and O–H groups in total. The third-order valence-electron chi connectivity index (χ3n) is 9.60. The Balaban J connectivity index is 1.54. The van der Waals surface area contributed by atoms with Crippen molar-refractivity contribution in [3.05, 3.63) is 69.1 Å². The van der Waals surface area contributed by atoms with Gasteiger partial charge in [-0.3, -0.25) is 0 Å². The number of nitrogens with zero attached hydrogens (tertiary/aromatic N) is 2. The maximum absolute atomic E-state index is 14.5. The van der Waals surface area contributed by atoms with E-state index in [0.717, 1.165) is 25.7 Å². The minimum atomic E-state index is -0.388. The molecule has 0 atom stereocenters. The molecule has 52 heavy (non-hydrogen) atoms. The number of ether oxygens (including phenoxy) is 2. The zero-order chi connectivity index (χ0) is 37.0. The van der Waals surface area contributed by atoms with Gasteiger partial charge in [0.25, 0.3) is 0 Å². The lowest BCUT2D eigenvalue weighted by Gasteiger charge is -2.19. The van der Waals surface area contributed by atoms with Crippen LogP contribution in [0, 0.1) is 11.6 Å². The van der Waals surface area contributed by atoms with Crippen molar-refractivity contribution >= 4 is 42.9 Å². The second-order valence-corrected chi connectivity index (χ2v) is 15.6. The zero-order valence-electron chi connectivity index (χ0n) is 31.4. The number of fused-ring (bicyclic) bond motifs is 1. The normalized spacial score (nSPS) is 11.4. The minimum Gasteiger partial charge on any atom is -0.488 e. The summed E-state index contributed by atoms with van der Waals surface area (Å²) >= 11 is 7.64. The minimum absolute atomic E-state index is 0.388. The molecular formula is C44H58Br2F2N2O2. The Hall–Kier alpha value is -2.58. The zero-order valence-corrected chi connectivity index (χ0v) is 34.6. The highest BCUT2D eigenvalue weighted by Gasteiger charge is 2.25. The van der Waals surface area contributed by atoms with Crippen molar-refractivity contribution < 1.29 is 18.3 Å². The van der Waals surface area contributed by atoms with Gasteiger partial charge in [-0.2, -0.15) is 0 Å². The standard InChI is InChI=1S/C44H58Br2F2N2O2/c1-3-5-7-9-11-13-15-17-19-21-29-51-43-37(45)41-42(38(46)44(43)52-30-22-20-18-16-14-12-10-8-6-4-2)50-40(34-26-24-28-36(48)32-34)39(49-41)33-25-23-27-35(47)31-33/h23-28,31-32H,3-22,29-30H2,1-2H3. The van der Waals surface area contributed by atoms with Gasteiger partial charge in [-0.15, -0.1) is 0 Å². The Kier molecular flexibility index (Phi) is 19.4. The monoisotopic (exact) mass is 842 g/mol. The van der Waals surface area contributed by atoms with Crippen LogP contribution in [0.15, 0.2) is 57.5 Å². The van der Waals surface area contributed by atoms with Gasteiger partial charge in [-0.1, -0.05) is 154 Å². The van der Waals surface area contributed by atoms with Gasteiger partial charge in [0.2, 0.25) is 0 Å². The number of unbranched alkanes of at least 4 members (excludes halogenated alkanes) is 18. The molecule has 0 spiro atoms. The smallest absolute Gasteiger partial charge is 0.178 e. The lowest BCUT2D eigenvalue weighted by atomic mass is 10.0. The molecule has 0 unspecified atom stereocenters. The van der Waals surface area contributed by atoms with E-state index in [1.54, 1.807) is 24.3 Å². The summed E-state index contributed by atoms with van der Waals surface area (Å²) in [5.41, 5.74) is 3.10. The van der Waals surface area contributed by atoms with Gasteiger partial charge in [0, 0.05) is 11.1 Å². The molecule has 0 aliphatic carbocycles. The fourth-order valence-corrected chi connectivity index (χ4v) is 7.76. The molecule has 8 heteroatoms. The number of aromatic nitrogens is 2. The van der Waals surface area contributed by atoms with Crippen LogP contribution in [0.5, 0.6) is 11.5 Å². The van der Waals surface area contributed by atoms with E-state index in [-0.39, 0.29) is 11.6 Å². The lowest BCUT2D eigenvalue weighted by Crippen LogP contribution is -2.06. The molecule has 1 heterocycles. The number of hydrogen-bond donors (Lipinski definition) is 0. The van der Waals surface area contributed by atoms with Crippen LogP contribution in [0.3, 0.4) is 0 Å². The maximum Gasteiger partial charge on any atom is 0.178 e. The largest absolute Gasteiger partial charge is 0.488 e. The Morgan fingerprint density at radius 1 is 0.481 bits per heavy atom. The second-order valence-electron chi connectivity index (χ2n) is 14.0. The summed E-state index contributed by atoms with van der Waals surface area (Å²) in [5, 5.41) is 0. The third-order valence-corrected chi connectivity index (χ3v) is 11.1. The van der Waals surface area contributed by atoms with Crippen molar-refractivity contribution in [1.82, 2.24) is 9.97 Å². The van der Waals surface area contributed by atoms with Crippen LogP contribution >= 0.6 is 31.9 Å². The fraction of sp³-hybridized carbons (Fsp3) is 0.545. The first-order chi connectivity index (χ1) is 25.4. The summed E-state index contributed by atoms with van der Waals surface area (Å²) in [6, 6.07) is 12.5. The quantitative estimate of drug-likeness (QED) is 0.0591. The van der Waals surface area contributed by atoms with Gasteiger partial charge in [-0.05, 0) is 69.0 Å². The van der Waals surface area contributed by atoms with Gasteiger partial charge >= 0.3 is 0 Å². The Bertz CT molecular complexity index is 1530. The summed E-state index contributed by atoms with van der Waals surface area (Å²) in [7, 11) is 0. The number of hydrogen-bond acceptors (Lipinski definition) is 4. The first-order valence-electron chi connectivity index (χ1n) is 19.9. The van der Waals surface area contributed by atoms with E-state index in [2.05, 4.69) is 45.7 Å². The highest BCUT2D eigenvalue weighted by atomic mass is 79.9. The van der Waals surface area contributed by atoms with Crippen molar-refractivity contribution in [1.29, 1.82) is 0 Å². The van der Waals surface area contributed by atoms with Crippen molar-refractivity contribution in [2.24, 2.45) is 0 Å². The average molecular weight is 845 g/mol. The Morgan fingerprint density at radius 3 is 1.13 bits per heavy atom. The Labute approximate surface area is 328 Å². The molecule has 4 nitrogen and oxygen atoms in total. The maximum atomic E-state index is 14.5. The van der Waals surface area contributed by atoms with Crippen LogP contribution in [0.1, 0.15) is 142 Å². The SMILES string of the molecule is CCCCCCCCCCCCOc1c(OCCCCCCCCCCCC)c(Br)c2nc(-c3cccc(F)c3)c(-c3cccc(F)c3)nc2c1Br. The first-order valence-corrected chi connectivity index (χ1v) is 21.5. The van der Waals surface area contributed by atoms with Crippen molar-refractivity contribution in [3.8, 4) is 34.0 Å². The molecule has 0 fully saturated rings. The molecule has 0 aliphatic heterocycles. The molecule has 0 saturated carbocycles. The Morgan fingerprint density at radius 2 is 0.808 bits per heavy atom. The van der Waals surface area contributed by atoms with Gasteiger partial charge < -0.3 is 9.47 Å². The van der Waals surface area contributed by atoms with Crippen LogP contribution in [0.4, 0.5) is 8.78 Å². The summed E-state index contributed by atoms with van der Waals surface area (Å²) in [6.45, 7) is 5.61. The van der Waals surface area contributed by atoms with Crippen LogP contribution in [-0.4, -0.2) is 23.2 Å². The molecule has 3 aromatic carbocycles. The van der Waals surface area contributed by atoms with Gasteiger partial charge in [0.05, 0.1) is 33.5 Å². The van der Waals surface area contributed by atoms with Gasteiger partial charge in [0.1, 0.15) is 22.7 Å². The average Bonchev–Trinajstić information content (AvgIpc) is 3.15. The van der Waals surface area contributed by atoms with Crippen molar-refractivity contribution in [3.63, 3.8) is 0 Å². The molecule has 284 valence electrons. The molecule has 4 aromatic rings. The molecule has 4 rings (SSSR count). The molecule has 1 aromatic heterocycles. The van der Waals surface area contributed by atoms with Crippen LogP contribution in [-0.2, 0) is 0 Å². The van der Waals surface area contributed by atoms with E-state index < -0.39 is 0 Å².